The molecule has 0 aromatic heterocycles. The molecule has 1 aromatic carbocycles. The fraction of sp³-hybridized carbons (Fsp3) is 0.333. The lowest BCUT2D eigenvalue weighted by molar-refractivity contribution is 1.12. The maximum absolute atomic E-state index is 3.11. The molecule has 0 aliphatic heterocycles. The zero-order valence-electron chi connectivity index (χ0n) is 6.35. The average Bonchev–Trinajstić information content (AvgIpc) is 2.05. The summed E-state index contributed by atoms with van der Waals surface area (Å²) < 4.78 is 0. The summed E-state index contributed by atoms with van der Waals surface area (Å²) in [5.74, 6) is 0. The molecule has 0 bridgehead atoms. The zero-order chi connectivity index (χ0) is 7.40. The average molecular weight is 151 g/mol. The van der Waals surface area contributed by atoms with Crippen molar-refractivity contribution in [3.63, 3.8) is 0 Å². The molecule has 0 fully saturated rings. The molecule has 10 heavy (non-hydrogen) atoms. The minimum absolute atomic E-state index is 1.10. The molecule has 1 heteroatoms. The van der Waals surface area contributed by atoms with Crippen molar-refractivity contribution in [3.05, 3.63) is 29.8 Å². The first-order valence-electron chi connectivity index (χ1n) is 3.41. The molecule has 0 saturated heterocycles. The first kappa shape index (κ1) is 7.67. The van der Waals surface area contributed by atoms with Gasteiger partial charge in [-0.25, -0.2) is 0 Å². The standard InChI is InChI=1S/C9H11S/c1-3-8-5-4-6-9(7-8)10-2/h5-7H,3H2,1-2H3. The van der Waals surface area contributed by atoms with Gasteiger partial charge in [-0.3, -0.25) is 0 Å². The van der Waals surface area contributed by atoms with E-state index in [2.05, 4.69) is 25.3 Å². The lowest BCUT2D eigenvalue weighted by Crippen LogP contribution is -1.78. The Hall–Kier alpha value is -0.430. The minimum atomic E-state index is 1.10. The highest BCUT2D eigenvalue weighted by Crippen LogP contribution is 2.15. The number of thioether (sulfide) groups is 1. The van der Waals surface area contributed by atoms with Gasteiger partial charge >= 0.3 is 0 Å². The Morgan fingerprint density at radius 1 is 1.50 bits per heavy atom. The first-order valence-corrected chi connectivity index (χ1v) is 4.63. The molecule has 0 heterocycles. The van der Waals surface area contributed by atoms with Gasteiger partial charge in [0.1, 0.15) is 0 Å². The van der Waals surface area contributed by atoms with Crippen molar-refractivity contribution < 1.29 is 0 Å². The number of hydrogen-bond acceptors (Lipinski definition) is 1. The summed E-state index contributed by atoms with van der Waals surface area (Å²) in [6.45, 7) is 2.16. The lowest BCUT2D eigenvalue weighted by Gasteiger charge is -1.97. The SMILES string of the molecule is CCc1c[c]cc(SC)c1. The van der Waals surface area contributed by atoms with Crippen LogP contribution in [0.25, 0.3) is 0 Å². The molecular weight excluding hydrogens is 140 g/mol. The summed E-state index contributed by atoms with van der Waals surface area (Å²) in [6.07, 6.45) is 3.19. The number of benzene rings is 1. The van der Waals surface area contributed by atoms with E-state index in [-0.39, 0.29) is 0 Å². The summed E-state index contributed by atoms with van der Waals surface area (Å²) in [5, 5.41) is 0. The summed E-state index contributed by atoms with van der Waals surface area (Å²) in [5.41, 5.74) is 1.37. The van der Waals surface area contributed by atoms with Gasteiger partial charge < -0.3 is 0 Å². The van der Waals surface area contributed by atoms with E-state index in [1.165, 1.54) is 10.5 Å². The van der Waals surface area contributed by atoms with E-state index in [0.29, 0.717) is 0 Å². The fourth-order valence-corrected chi connectivity index (χ4v) is 1.27. The monoisotopic (exact) mass is 151 g/mol. The van der Waals surface area contributed by atoms with E-state index in [1.807, 2.05) is 12.1 Å². The van der Waals surface area contributed by atoms with Gasteiger partial charge in [0.2, 0.25) is 0 Å². The molecule has 1 aromatic rings. The maximum atomic E-state index is 3.11. The van der Waals surface area contributed by atoms with E-state index < -0.39 is 0 Å². The molecule has 0 aliphatic carbocycles. The van der Waals surface area contributed by atoms with Crippen molar-refractivity contribution >= 4 is 11.8 Å². The third-order valence-electron chi connectivity index (χ3n) is 1.47. The normalized spacial score (nSPS) is 9.80. The molecule has 0 unspecified atom stereocenters. The Morgan fingerprint density at radius 3 is 2.90 bits per heavy atom. The first-order chi connectivity index (χ1) is 4.86. The van der Waals surface area contributed by atoms with Crippen LogP contribution in [0.2, 0.25) is 0 Å². The molecule has 0 atom stereocenters. The summed E-state index contributed by atoms with van der Waals surface area (Å²) in [4.78, 5) is 1.30. The van der Waals surface area contributed by atoms with Crippen LogP contribution in [-0.4, -0.2) is 6.26 Å². The van der Waals surface area contributed by atoms with E-state index in [4.69, 9.17) is 0 Å². The number of aryl methyl sites for hydroxylation is 1. The van der Waals surface area contributed by atoms with Gasteiger partial charge in [0.05, 0.1) is 0 Å². The summed E-state index contributed by atoms with van der Waals surface area (Å²) in [7, 11) is 0. The zero-order valence-corrected chi connectivity index (χ0v) is 7.16. The van der Waals surface area contributed by atoms with Gasteiger partial charge in [0.25, 0.3) is 0 Å². The third kappa shape index (κ3) is 1.77. The summed E-state index contributed by atoms with van der Waals surface area (Å²) in [6, 6.07) is 9.38. The highest BCUT2D eigenvalue weighted by atomic mass is 32.2. The van der Waals surface area contributed by atoms with Crippen LogP contribution >= 0.6 is 11.8 Å². The lowest BCUT2D eigenvalue weighted by atomic mass is 10.2. The van der Waals surface area contributed by atoms with Gasteiger partial charge in [0.15, 0.2) is 0 Å². The van der Waals surface area contributed by atoms with Gasteiger partial charge in [-0.1, -0.05) is 13.0 Å². The van der Waals surface area contributed by atoms with Crippen LogP contribution in [-0.2, 0) is 6.42 Å². The van der Waals surface area contributed by atoms with Crippen molar-refractivity contribution in [2.45, 2.75) is 18.2 Å². The fourth-order valence-electron chi connectivity index (χ4n) is 0.819. The molecular formula is C9H11S. The van der Waals surface area contributed by atoms with Crippen molar-refractivity contribution in [3.8, 4) is 0 Å². The van der Waals surface area contributed by atoms with Crippen LogP contribution in [0.15, 0.2) is 23.1 Å². The highest BCUT2D eigenvalue weighted by molar-refractivity contribution is 7.98. The van der Waals surface area contributed by atoms with Crippen molar-refractivity contribution in [2.24, 2.45) is 0 Å². The quantitative estimate of drug-likeness (QED) is 0.586. The van der Waals surface area contributed by atoms with Crippen molar-refractivity contribution in [2.75, 3.05) is 6.26 Å². The summed E-state index contributed by atoms with van der Waals surface area (Å²) >= 11 is 1.77. The van der Waals surface area contributed by atoms with E-state index >= 15 is 0 Å². The molecule has 0 spiro atoms. The third-order valence-corrected chi connectivity index (χ3v) is 2.17. The van der Waals surface area contributed by atoms with Crippen LogP contribution in [0.5, 0.6) is 0 Å². The maximum Gasteiger partial charge on any atom is 0.00780 e. The predicted octanol–water partition coefficient (Wildman–Crippen LogP) is 2.77. The van der Waals surface area contributed by atoms with E-state index in [9.17, 15) is 0 Å². The van der Waals surface area contributed by atoms with Gasteiger partial charge in [0, 0.05) is 4.90 Å². The molecule has 0 saturated carbocycles. The Balaban J connectivity index is 2.87. The van der Waals surface area contributed by atoms with Crippen LogP contribution in [0.3, 0.4) is 0 Å². The molecule has 53 valence electrons. The Labute approximate surface area is 66.6 Å². The van der Waals surface area contributed by atoms with Crippen LogP contribution in [0, 0.1) is 6.07 Å². The smallest absolute Gasteiger partial charge is 0.00780 e. The Bertz CT molecular complexity index is 186. The predicted molar refractivity (Wildman–Crippen MR) is 46.4 cm³/mol. The van der Waals surface area contributed by atoms with Crippen molar-refractivity contribution in [1.82, 2.24) is 0 Å². The molecule has 0 N–H and O–H groups in total. The van der Waals surface area contributed by atoms with E-state index in [0.717, 1.165) is 6.42 Å². The largest absolute Gasteiger partial charge is 0.130 e. The van der Waals surface area contributed by atoms with Crippen LogP contribution in [0.1, 0.15) is 12.5 Å². The van der Waals surface area contributed by atoms with Crippen LogP contribution < -0.4 is 0 Å². The van der Waals surface area contributed by atoms with Crippen molar-refractivity contribution in [1.29, 1.82) is 0 Å². The van der Waals surface area contributed by atoms with Gasteiger partial charge in [-0.15, -0.1) is 11.8 Å². The second-order valence-corrected chi connectivity index (χ2v) is 3.01. The Kier molecular flexibility index (Phi) is 2.82. The van der Waals surface area contributed by atoms with Crippen LogP contribution in [0.4, 0.5) is 0 Å². The second-order valence-electron chi connectivity index (χ2n) is 2.13. The molecule has 1 radical (unpaired) electrons. The number of rotatable bonds is 2. The Morgan fingerprint density at radius 2 is 2.30 bits per heavy atom. The molecule has 1 rings (SSSR count). The second kappa shape index (κ2) is 3.67. The minimum Gasteiger partial charge on any atom is -0.130 e. The molecule has 0 amide bonds. The van der Waals surface area contributed by atoms with E-state index in [1.54, 1.807) is 11.8 Å². The molecule has 0 nitrogen and oxygen atoms in total. The number of hydrogen-bond donors (Lipinski definition) is 0. The topological polar surface area (TPSA) is 0 Å². The highest BCUT2D eigenvalue weighted by Gasteiger charge is 1.90. The van der Waals surface area contributed by atoms with Gasteiger partial charge in [-0.05, 0) is 36.4 Å². The molecule has 0 aliphatic rings. The van der Waals surface area contributed by atoms with Gasteiger partial charge in [-0.2, -0.15) is 0 Å².